The summed E-state index contributed by atoms with van der Waals surface area (Å²) in [5, 5.41) is 3.65. The Morgan fingerprint density at radius 2 is 1.85 bits per heavy atom. The zero-order chi connectivity index (χ0) is 14.4. The molecule has 1 N–H and O–H groups in total. The van der Waals surface area contributed by atoms with Gasteiger partial charge in [-0.1, -0.05) is 11.8 Å². The minimum atomic E-state index is 0.512. The molecule has 5 nitrogen and oxygen atoms in total. The number of hydrogen-bond acceptors (Lipinski definition) is 6. The monoisotopic (exact) mass is 291 g/mol. The van der Waals surface area contributed by atoms with E-state index in [4.69, 9.17) is 9.47 Å². The third kappa shape index (κ3) is 3.77. The van der Waals surface area contributed by atoms with Crippen LogP contribution in [0.3, 0.4) is 0 Å². The topological polar surface area (TPSA) is 56.3 Å². The Hall–Kier alpha value is -1.95. The van der Waals surface area contributed by atoms with Gasteiger partial charge in [0.25, 0.3) is 0 Å². The number of aromatic nitrogens is 2. The summed E-state index contributed by atoms with van der Waals surface area (Å²) < 4.78 is 11.1. The maximum absolute atomic E-state index is 5.74. The molecule has 0 amide bonds. The molecule has 1 aromatic carbocycles. The standard InChI is InChI=1S/C14H17N3O2S/c1-4-18-10-5-7-11(8-6-10)19-13-9-12(15-2)16-14(17-13)20-3/h5-9H,4H2,1-3H3,(H,15,16,17). The van der Waals surface area contributed by atoms with Crippen molar-refractivity contribution in [2.75, 3.05) is 25.2 Å². The number of hydrogen-bond donors (Lipinski definition) is 1. The molecule has 0 atom stereocenters. The van der Waals surface area contributed by atoms with Gasteiger partial charge in [-0.25, -0.2) is 4.98 Å². The molecule has 1 aromatic heterocycles. The van der Waals surface area contributed by atoms with E-state index in [1.165, 1.54) is 11.8 Å². The molecule has 2 aromatic rings. The van der Waals surface area contributed by atoms with E-state index >= 15 is 0 Å². The summed E-state index contributed by atoms with van der Waals surface area (Å²) in [4.78, 5) is 8.60. The van der Waals surface area contributed by atoms with E-state index in [0.29, 0.717) is 23.4 Å². The number of anilines is 1. The van der Waals surface area contributed by atoms with Gasteiger partial charge in [0.15, 0.2) is 5.16 Å². The summed E-state index contributed by atoms with van der Waals surface area (Å²) in [5.41, 5.74) is 0. The van der Waals surface area contributed by atoms with Crippen LogP contribution in [-0.4, -0.2) is 29.9 Å². The third-order valence-corrected chi connectivity index (χ3v) is 3.03. The van der Waals surface area contributed by atoms with Crippen LogP contribution in [0, 0.1) is 0 Å². The molecule has 20 heavy (non-hydrogen) atoms. The van der Waals surface area contributed by atoms with Gasteiger partial charge in [0.2, 0.25) is 5.88 Å². The van der Waals surface area contributed by atoms with Crippen molar-refractivity contribution in [3.05, 3.63) is 30.3 Å². The Bertz CT molecular complexity index is 539. The zero-order valence-electron chi connectivity index (χ0n) is 11.7. The van der Waals surface area contributed by atoms with Crippen molar-refractivity contribution >= 4 is 17.6 Å². The van der Waals surface area contributed by atoms with Gasteiger partial charge < -0.3 is 14.8 Å². The number of rotatable bonds is 6. The summed E-state index contributed by atoms with van der Waals surface area (Å²) in [6.07, 6.45) is 1.93. The summed E-state index contributed by atoms with van der Waals surface area (Å²) in [5.74, 6) is 2.77. The first-order valence-electron chi connectivity index (χ1n) is 6.26. The maximum Gasteiger partial charge on any atom is 0.225 e. The van der Waals surface area contributed by atoms with Crippen LogP contribution >= 0.6 is 11.8 Å². The average Bonchev–Trinajstić information content (AvgIpc) is 2.49. The minimum absolute atomic E-state index is 0.512. The van der Waals surface area contributed by atoms with E-state index in [1.807, 2.05) is 44.5 Å². The largest absolute Gasteiger partial charge is 0.494 e. The number of ether oxygens (including phenoxy) is 2. The van der Waals surface area contributed by atoms with Gasteiger partial charge in [-0.05, 0) is 37.4 Å². The summed E-state index contributed by atoms with van der Waals surface area (Å²) in [6, 6.07) is 9.20. The van der Waals surface area contributed by atoms with Crippen molar-refractivity contribution in [2.24, 2.45) is 0 Å². The van der Waals surface area contributed by atoms with E-state index in [-0.39, 0.29) is 0 Å². The molecular weight excluding hydrogens is 274 g/mol. The Balaban J connectivity index is 2.16. The van der Waals surface area contributed by atoms with Gasteiger partial charge in [0.05, 0.1) is 6.61 Å². The number of nitrogens with zero attached hydrogens (tertiary/aromatic N) is 2. The lowest BCUT2D eigenvalue weighted by Gasteiger charge is -2.09. The molecule has 0 radical (unpaired) electrons. The third-order valence-electron chi connectivity index (χ3n) is 2.48. The van der Waals surface area contributed by atoms with Gasteiger partial charge in [0.1, 0.15) is 17.3 Å². The lowest BCUT2D eigenvalue weighted by Crippen LogP contribution is -1.98. The fraction of sp³-hybridized carbons (Fsp3) is 0.286. The molecule has 0 fully saturated rings. The van der Waals surface area contributed by atoms with Crippen LogP contribution in [0.2, 0.25) is 0 Å². The van der Waals surface area contributed by atoms with Crippen LogP contribution in [-0.2, 0) is 0 Å². The van der Waals surface area contributed by atoms with Gasteiger partial charge in [-0.2, -0.15) is 4.98 Å². The van der Waals surface area contributed by atoms with Crippen molar-refractivity contribution < 1.29 is 9.47 Å². The second-order valence-electron chi connectivity index (χ2n) is 3.83. The van der Waals surface area contributed by atoms with Crippen LogP contribution < -0.4 is 14.8 Å². The highest BCUT2D eigenvalue weighted by Crippen LogP contribution is 2.25. The number of nitrogens with one attached hydrogen (secondary N) is 1. The van der Waals surface area contributed by atoms with Gasteiger partial charge in [0, 0.05) is 13.1 Å². The van der Waals surface area contributed by atoms with Crippen molar-refractivity contribution in [1.29, 1.82) is 0 Å². The Morgan fingerprint density at radius 1 is 1.15 bits per heavy atom. The average molecular weight is 291 g/mol. The number of thioether (sulfide) groups is 1. The Kier molecular flexibility index (Phi) is 5.06. The molecule has 0 unspecified atom stereocenters. The van der Waals surface area contributed by atoms with Crippen molar-refractivity contribution in [1.82, 2.24) is 9.97 Å². The molecule has 106 valence electrons. The normalized spacial score (nSPS) is 10.2. The number of benzene rings is 1. The summed E-state index contributed by atoms with van der Waals surface area (Å²) >= 11 is 1.47. The van der Waals surface area contributed by atoms with Gasteiger partial charge in [-0.15, -0.1) is 0 Å². The predicted octanol–water partition coefficient (Wildman–Crippen LogP) is 3.43. The molecule has 1 heterocycles. The molecule has 0 aliphatic heterocycles. The molecular formula is C14H17N3O2S. The summed E-state index contributed by atoms with van der Waals surface area (Å²) in [7, 11) is 1.81. The van der Waals surface area contributed by atoms with Crippen LogP contribution in [0.15, 0.2) is 35.5 Å². The van der Waals surface area contributed by atoms with Gasteiger partial charge in [-0.3, -0.25) is 0 Å². The summed E-state index contributed by atoms with van der Waals surface area (Å²) in [6.45, 7) is 2.60. The zero-order valence-corrected chi connectivity index (χ0v) is 12.5. The van der Waals surface area contributed by atoms with E-state index in [2.05, 4.69) is 15.3 Å². The van der Waals surface area contributed by atoms with Crippen molar-refractivity contribution in [3.8, 4) is 17.4 Å². The maximum atomic E-state index is 5.74. The van der Waals surface area contributed by atoms with Crippen LogP contribution in [0.4, 0.5) is 5.82 Å². The molecule has 0 saturated heterocycles. The lowest BCUT2D eigenvalue weighted by molar-refractivity contribution is 0.339. The molecule has 2 rings (SSSR count). The Morgan fingerprint density at radius 3 is 2.45 bits per heavy atom. The first-order chi connectivity index (χ1) is 9.75. The second kappa shape index (κ2) is 7.00. The minimum Gasteiger partial charge on any atom is -0.494 e. The van der Waals surface area contributed by atoms with E-state index in [0.717, 1.165) is 11.6 Å². The molecule has 0 aliphatic carbocycles. The molecule has 0 spiro atoms. The highest BCUT2D eigenvalue weighted by molar-refractivity contribution is 7.98. The fourth-order valence-corrected chi connectivity index (χ4v) is 1.94. The quantitative estimate of drug-likeness (QED) is 0.650. The van der Waals surface area contributed by atoms with E-state index in [9.17, 15) is 0 Å². The highest BCUT2D eigenvalue weighted by Gasteiger charge is 2.05. The van der Waals surface area contributed by atoms with Crippen molar-refractivity contribution in [3.63, 3.8) is 0 Å². The SMILES string of the molecule is CCOc1ccc(Oc2cc(NC)nc(SC)n2)cc1. The molecule has 6 heteroatoms. The molecule has 0 bridgehead atoms. The van der Waals surface area contributed by atoms with E-state index in [1.54, 1.807) is 6.07 Å². The lowest BCUT2D eigenvalue weighted by atomic mass is 10.3. The fourth-order valence-electron chi connectivity index (χ4n) is 1.57. The van der Waals surface area contributed by atoms with Crippen molar-refractivity contribution in [2.45, 2.75) is 12.1 Å². The smallest absolute Gasteiger partial charge is 0.225 e. The molecule has 0 aliphatic rings. The van der Waals surface area contributed by atoms with Gasteiger partial charge >= 0.3 is 0 Å². The van der Waals surface area contributed by atoms with Crippen LogP contribution in [0.1, 0.15) is 6.92 Å². The Labute approximate surface area is 122 Å². The highest BCUT2D eigenvalue weighted by atomic mass is 32.2. The predicted molar refractivity (Wildman–Crippen MR) is 81.0 cm³/mol. The first-order valence-corrected chi connectivity index (χ1v) is 7.49. The second-order valence-corrected chi connectivity index (χ2v) is 4.61. The van der Waals surface area contributed by atoms with Crippen LogP contribution in [0.25, 0.3) is 0 Å². The van der Waals surface area contributed by atoms with E-state index < -0.39 is 0 Å². The molecule has 0 saturated carbocycles. The first kappa shape index (κ1) is 14.5. The van der Waals surface area contributed by atoms with Crippen LogP contribution in [0.5, 0.6) is 17.4 Å².